The molecule has 102 valence electrons. The first-order chi connectivity index (χ1) is 8.90. The average Bonchev–Trinajstić information content (AvgIpc) is 2.93. The van der Waals surface area contributed by atoms with Crippen molar-refractivity contribution in [3.63, 3.8) is 0 Å². The summed E-state index contributed by atoms with van der Waals surface area (Å²) in [5, 5.41) is 4.28. The molecule has 4 nitrogen and oxygen atoms in total. The van der Waals surface area contributed by atoms with Crippen LogP contribution in [0, 0.1) is 0 Å². The molecule has 0 bridgehead atoms. The van der Waals surface area contributed by atoms with Crippen molar-refractivity contribution < 1.29 is 0 Å². The van der Waals surface area contributed by atoms with Crippen molar-refractivity contribution in [3.8, 4) is 0 Å². The van der Waals surface area contributed by atoms with Crippen molar-refractivity contribution in [1.82, 2.24) is 14.7 Å². The minimum Gasteiger partial charge on any atom is -0.330 e. The summed E-state index contributed by atoms with van der Waals surface area (Å²) in [6.07, 6.45) is 11.9. The van der Waals surface area contributed by atoms with Crippen molar-refractivity contribution in [2.45, 2.75) is 51.1 Å². The van der Waals surface area contributed by atoms with Gasteiger partial charge in [-0.3, -0.25) is 9.58 Å². The Balaban J connectivity index is 1.83. The van der Waals surface area contributed by atoms with E-state index in [1.807, 2.05) is 23.1 Å². The average molecular weight is 250 g/mol. The molecule has 1 heterocycles. The highest BCUT2D eigenvalue weighted by atomic mass is 15.3. The Labute approximate surface area is 110 Å². The zero-order chi connectivity index (χ0) is 12.6. The van der Waals surface area contributed by atoms with E-state index in [4.69, 9.17) is 5.73 Å². The molecule has 1 aliphatic rings. The lowest BCUT2D eigenvalue weighted by Gasteiger charge is -2.34. The van der Waals surface area contributed by atoms with Crippen LogP contribution in [0.3, 0.4) is 0 Å². The molecule has 4 heteroatoms. The summed E-state index contributed by atoms with van der Waals surface area (Å²) in [7, 11) is 0. The van der Waals surface area contributed by atoms with Crippen LogP contribution >= 0.6 is 0 Å². The van der Waals surface area contributed by atoms with Crippen LogP contribution in [0.4, 0.5) is 0 Å². The Hall–Kier alpha value is -0.870. The Morgan fingerprint density at radius 1 is 1.22 bits per heavy atom. The highest BCUT2D eigenvalue weighted by Gasteiger charge is 2.20. The van der Waals surface area contributed by atoms with Gasteiger partial charge in [0, 0.05) is 25.0 Å². The maximum absolute atomic E-state index is 5.65. The molecule has 0 radical (unpaired) electrons. The number of hydrogen-bond acceptors (Lipinski definition) is 3. The van der Waals surface area contributed by atoms with E-state index in [1.54, 1.807) is 0 Å². The van der Waals surface area contributed by atoms with E-state index in [-0.39, 0.29) is 0 Å². The van der Waals surface area contributed by atoms with Gasteiger partial charge in [0.15, 0.2) is 0 Å². The Kier molecular flexibility index (Phi) is 5.68. The topological polar surface area (TPSA) is 47.1 Å². The van der Waals surface area contributed by atoms with Gasteiger partial charge in [-0.2, -0.15) is 5.10 Å². The molecule has 2 N–H and O–H groups in total. The van der Waals surface area contributed by atoms with Gasteiger partial charge in [0.1, 0.15) is 0 Å². The van der Waals surface area contributed by atoms with Gasteiger partial charge < -0.3 is 5.73 Å². The molecule has 2 rings (SSSR count). The van der Waals surface area contributed by atoms with Gasteiger partial charge in [-0.1, -0.05) is 19.3 Å². The second kappa shape index (κ2) is 7.54. The van der Waals surface area contributed by atoms with Gasteiger partial charge in [0.2, 0.25) is 0 Å². The van der Waals surface area contributed by atoms with Gasteiger partial charge >= 0.3 is 0 Å². The number of hydrogen-bond donors (Lipinski definition) is 1. The third-order valence-corrected chi connectivity index (χ3v) is 3.92. The molecular weight excluding hydrogens is 224 g/mol. The Morgan fingerprint density at radius 2 is 2.06 bits per heavy atom. The molecule has 1 fully saturated rings. The Bertz CT molecular complexity index is 304. The molecule has 1 aliphatic carbocycles. The van der Waals surface area contributed by atoms with Gasteiger partial charge in [0.05, 0.1) is 6.54 Å². The maximum atomic E-state index is 5.65. The smallest absolute Gasteiger partial charge is 0.0536 e. The normalized spacial score (nSPS) is 17.4. The first kappa shape index (κ1) is 13.6. The van der Waals surface area contributed by atoms with Crippen LogP contribution < -0.4 is 5.73 Å². The predicted octanol–water partition coefficient (Wildman–Crippen LogP) is 1.87. The van der Waals surface area contributed by atoms with Crippen molar-refractivity contribution in [3.05, 3.63) is 18.5 Å². The van der Waals surface area contributed by atoms with E-state index in [1.165, 1.54) is 32.1 Å². The van der Waals surface area contributed by atoms with Crippen molar-refractivity contribution in [1.29, 1.82) is 0 Å². The van der Waals surface area contributed by atoms with Gasteiger partial charge in [-0.05, 0) is 38.4 Å². The summed E-state index contributed by atoms with van der Waals surface area (Å²) in [4.78, 5) is 2.63. The van der Waals surface area contributed by atoms with Crippen molar-refractivity contribution in [2.24, 2.45) is 5.73 Å². The molecule has 0 aliphatic heterocycles. The number of nitrogens with two attached hydrogens (primary N) is 1. The van der Waals surface area contributed by atoms with E-state index in [0.29, 0.717) is 0 Å². The predicted molar refractivity (Wildman–Crippen MR) is 74.3 cm³/mol. The third kappa shape index (κ3) is 4.10. The lowest BCUT2D eigenvalue weighted by molar-refractivity contribution is 0.148. The molecule has 0 atom stereocenters. The van der Waals surface area contributed by atoms with Crippen LogP contribution in [-0.2, 0) is 6.54 Å². The van der Waals surface area contributed by atoms with Gasteiger partial charge in [0.25, 0.3) is 0 Å². The molecule has 1 aromatic heterocycles. The first-order valence-corrected chi connectivity index (χ1v) is 7.31. The second-order valence-corrected chi connectivity index (χ2v) is 5.24. The van der Waals surface area contributed by atoms with E-state index < -0.39 is 0 Å². The van der Waals surface area contributed by atoms with Gasteiger partial charge in [-0.15, -0.1) is 0 Å². The fourth-order valence-electron chi connectivity index (χ4n) is 2.88. The molecule has 18 heavy (non-hydrogen) atoms. The minimum atomic E-state index is 0.779. The molecule has 0 aromatic carbocycles. The molecule has 1 saturated carbocycles. The molecule has 0 spiro atoms. The lowest BCUT2D eigenvalue weighted by atomic mass is 9.94. The number of nitrogens with zero attached hydrogens (tertiary/aromatic N) is 3. The Morgan fingerprint density at radius 3 is 2.72 bits per heavy atom. The molecule has 0 saturated heterocycles. The summed E-state index contributed by atoms with van der Waals surface area (Å²) in [5.41, 5.74) is 5.65. The standard InChI is InChI=1S/C14H26N4/c15-8-4-10-17(14-6-2-1-3-7-14)12-13-18-11-5-9-16-18/h5,9,11,14H,1-4,6-8,10,12-13,15H2. The monoisotopic (exact) mass is 250 g/mol. The van der Waals surface area contributed by atoms with Crippen molar-refractivity contribution >= 4 is 0 Å². The number of aromatic nitrogens is 2. The van der Waals surface area contributed by atoms with Crippen molar-refractivity contribution in [2.75, 3.05) is 19.6 Å². The van der Waals surface area contributed by atoms with Crippen LogP contribution in [0.5, 0.6) is 0 Å². The van der Waals surface area contributed by atoms with Crippen LogP contribution in [0.2, 0.25) is 0 Å². The molecule has 0 amide bonds. The van der Waals surface area contributed by atoms with Gasteiger partial charge in [-0.25, -0.2) is 0 Å². The minimum absolute atomic E-state index is 0.779. The largest absolute Gasteiger partial charge is 0.330 e. The first-order valence-electron chi connectivity index (χ1n) is 7.31. The third-order valence-electron chi connectivity index (χ3n) is 3.92. The summed E-state index contributed by atoms with van der Waals surface area (Å²) in [5.74, 6) is 0. The van der Waals surface area contributed by atoms with Crippen LogP contribution in [0.25, 0.3) is 0 Å². The molecular formula is C14H26N4. The molecule has 0 unspecified atom stereocenters. The number of rotatable bonds is 7. The fourth-order valence-corrected chi connectivity index (χ4v) is 2.88. The summed E-state index contributed by atoms with van der Waals surface area (Å²) >= 11 is 0. The van der Waals surface area contributed by atoms with E-state index in [2.05, 4.69) is 10.00 Å². The van der Waals surface area contributed by atoms with Crippen LogP contribution in [0.1, 0.15) is 38.5 Å². The van der Waals surface area contributed by atoms with E-state index >= 15 is 0 Å². The SMILES string of the molecule is NCCCN(CCn1cccn1)C1CCCCC1. The zero-order valence-electron chi connectivity index (χ0n) is 11.3. The van der Waals surface area contributed by atoms with E-state index in [0.717, 1.165) is 38.6 Å². The van der Waals surface area contributed by atoms with Crippen LogP contribution in [0.15, 0.2) is 18.5 Å². The second-order valence-electron chi connectivity index (χ2n) is 5.24. The fraction of sp³-hybridized carbons (Fsp3) is 0.786. The quantitative estimate of drug-likeness (QED) is 0.803. The highest BCUT2D eigenvalue weighted by Crippen LogP contribution is 2.22. The summed E-state index contributed by atoms with van der Waals surface area (Å²) in [6, 6.07) is 2.77. The van der Waals surface area contributed by atoms with Crippen LogP contribution in [-0.4, -0.2) is 40.4 Å². The lowest BCUT2D eigenvalue weighted by Crippen LogP contribution is -2.40. The maximum Gasteiger partial charge on any atom is 0.0536 e. The van der Waals surface area contributed by atoms with E-state index in [9.17, 15) is 0 Å². The highest BCUT2D eigenvalue weighted by molar-refractivity contribution is 4.80. The summed E-state index contributed by atoms with van der Waals surface area (Å²) in [6.45, 7) is 4.04. The summed E-state index contributed by atoms with van der Waals surface area (Å²) < 4.78 is 2.03. The molecule has 1 aromatic rings. The zero-order valence-corrected chi connectivity index (χ0v) is 11.3.